The molecule has 0 aliphatic carbocycles. The topological polar surface area (TPSA) is 119 Å². The zero-order chi connectivity index (χ0) is 26.5. The molecule has 0 aliphatic rings. The molecule has 0 spiro atoms. The van der Waals surface area contributed by atoms with Crippen LogP contribution >= 0.6 is 0 Å². The Morgan fingerprint density at radius 1 is 1.06 bits per heavy atom. The molecule has 1 atom stereocenters. The molecule has 3 aromatic carbocycles. The van der Waals surface area contributed by atoms with Gasteiger partial charge in [0.1, 0.15) is 12.3 Å². The molecule has 0 heterocycles. The van der Waals surface area contributed by atoms with Crippen molar-refractivity contribution in [3.63, 3.8) is 0 Å². The Morgan fingerprint density at radius 2 is 1.69 bits per heavy atom. The van der Waals surface area contributed by atoms with Crippen molar-refractivity contribution in [1.29, 1.82) is 0 Å². The number of amides is 1. The van der Waals surface area contributed by atoms with E-state index in [2.05, 4.69) is 5.32 Å². The molecule has 0 aromatic heterocycles. The van der Waals surface area contributed by atoms with E-state index in [0.29, 0.717) is 17.7 Å². The van der Waals surface area contributed by atoms with Gasteiger partial charge in [0.25, 0.3) is 15.7 Å². The van der Waals surface area contributed by atoms with E-state index in [4.69, 9.17) is 4.74 Å². The van der Waals surface area contributed by atoms with E-state index >= 15 is 0 Å². The summed E-state index contributed by atoms with van der Waals surface area (Å²) in [6, 6.07) is 17.3. The molecule has 3 aromatic rings. The van der Waals surface area contributed by atoms with E-state index in [0.717, 1.165) is 21.5 Å². The number of ether oxygens (including phenoxy) is 1. The molecule has 9 nitrogen and oxygen atoms in total. The number of benzene rings is 3. The number of carbonyl (C=O) groups is 1. The van der Waals surface area contributed by atoms with Crippen LogP contribution in [0.1, 0.15) is 36.1 Å². The second kappa shape index (κ2) is 11.2. The fourth-order valence-corrected chi connectivity index (χ4v) is 5.17. The Labute approximate surface area is 210 Å². The smallest absolute Gasteiger partial charge is 0.273 e. The minimum absolute atomic E-state index is 0.220. The highest BCUT2D eigenvalue weighted by Gasteiger charge is 2.30. The summed E-state index contributed by atoms with van der Waals surface area (Å²) in [6.45, 7) is 4.91. The first-order valence-corrected chi connectivity index (χ1v) is 12.8. The van der Waals surface area contributed by atoms with Crippen LogP contribution in [0.3, 0.4) is 0 Å². The average molecular weight is 512 g/mol. The number of rotatable bonds is 10. The van der Waals surface area contributed by atoms with Gasteiger partial charge in [0.2, 0.25) is 5.91 Å². The maximum Gasteiger partial charge on any atom is 0.273 e. The number of nitro groups is 1. The molecule has 0 bridgehead atoms. The second-order valence-corrected chi connectivity index (χ2v) is 10.2. The monoisotopic (exact) mass is 511 g/mol. The van der Waals surface area contributed by atoms with E-state index in [1.54, 1.807) is 12.1 Å². The van der Waals surface area contributed by atoms with Gasteiger partial charge in [-0.15, -0.1) is 0 Å². The Hall–Kier alpha value is -3.92. The molecule has 0 unspecified atom stereocenters. The quantitative estimate of drug-likeness (QED) is 0.312. The fraction of sp³-hybridized carbons (Fsp3) is 0.269. The lowest BCUT2D eigenvalue weighted by molar-refractivity contribution is -0.385. The maximum atomic E-state index is 13.7. The third-order valence-electron chi connectivity index (χ3n) is 5.84. The Kier molecular flexibility index (Phi) is 8.31. The summed E-state index contributed by atoms with van der Waals surface area (Å²) in [7, 11) is -2.84. The number of methoxy groups -OCH3 is 1. The first kappa shape index (κ1) is 26.7. The van der Waals surface area contributed by atoms with Gasteiger partial charge in [0.15, 0.2) is 0 Å². The van der Waals surface area contributed by atoms with Crippen molar-refractivity contribution in [3.05, 3.63) is 93.5 Å². The highest BCUT2D eigenvalue weighted by Crippen LogP contribution is 2.29. The number of nitrogens with zero attached hydrogens (tertiary/aromatic N) is 2. The number of anilines is 1. The van der Waals surface area contributed by atoms with Gasteiger partial charge in [-0.2, -0.15) is 0 Å². The van der Waals surface area contributed by atoms with Crippen LogP contribution in [0.25, 0.3) is 0 Å². The molecule has 1 amide bonds. The lowest BCUT2D eigenvalue weighted by atomic mass is 10.0. The highest BCUT2D eigenvalue weighted by molar-refractivity contribution is 7.92. The Bertz CT molecular complexity index is 1340. The summed E-state index contributed by atoms with van der Waals surface area (Å²) in [5.74, 6) is 0.000343. The molecular formula is C26H29N3O6S. The molecule has 0 saturated carbocycles. The Morgan fingerprint density at radius 3 is 2.25 bits per heavy atom. The van der Waals surface area contributed by atoms with Gasteiger partial charge in [0, 0.05) is 11.6 Å². The number of aryl methyl sites for hydroxylation is 2. The lowest BCUT2D eigenvalue weighted by Gasteiger charge is -2.26. The summed E-state index contributed by atoms with van der Waals surface area (Å²) >= 11 is 0. The van der Waals surface area contributed by atoms with Crippen molar-refractivity contribution >= 4 is 27.3 Å². The molecular weight excluding hydrogens is 482 g/mol. The largest absolute Gasteiger partial charge is 0.497 e. The number of hydrogen-bond donors (Lipinski definition) is 1. The first-order valence-electron chi connectivity index (χ1n) is 11.3. The van der Waals surface area contributed by atoms with Gasteiger partial charge in [-0.3, -0.25) is 19.2 Å². The van der Waals surface area contributed by atoms with Crippen LogP contribution < -0.4 is 14.4 Å². The molecule has 0 radical (unpaired) electrons. The lowest BCUT2D eigenvalue weighted by Crippen LogP contribution is -2.42. The van der Waals surface area contributed by atoms with Crippen molar-refractivity contribution in [1.82, 2.24) is 5.32 Å². The van der Waals surface area contributed by atoms with Crippen LogP contribution in [-0.2, 0) is 14.8 Å². The number of hydrogen-bond acceptors (Lipinski definition) is 6. The molecule has 190 valence electrons. The van der Waals surface area contributed by atoms with Gasteiger partial charge in [-0.25, -0.2) is 8.42 Å². The Balaban J connectivity index is 1.97. The van der Waals surface area contributed by atoms with E-state index in [9.17, 15) is 23.3 Å². The summed E-state index contributed by atoms with van der Waals surface area (Å²) in [5, 5.41) is 14.3. The maximum absolute atomic E-state index is 13.7. The van der Waals surface area contributed by atoms with Gasteiger partial charge in [-0.05, 0) is 56.2 Å². The van der Waals surface area contributed by atoms with Gasteiger partial charge < -0.3 is 10.1 Å². The van der Waals surface area contributed by atoms with Crippen LogP contribution in [0.2, 0.25) is 0 Å². The summed E-state index contributed by atoms with van der Waals surface area (Å²) in [4.78, 5) is 23.6. The highest BCUT2D eigenvalue weighted by atomic mass is 32.2. The predicted molar refractivity (Wildman–Crippen MR) is 138 cm³/mol. The minimum atomic E-state index is -4.33. The van der Waals surface area contributed by atoms with Crippen molar-refractivity contribution < 1.29 is 22.9 Å². The van der Waals surface area contributed by atoms with Crippen molar-refractivity contribution in [3.8, 4) is 5.75 Å². The zero-order valence-corrected chi connectivity index (χ0v) is 21.4. The number of carbonyl (C=O) groups excluding carboxylic acids is 1. The molecule has 1 N–H and O–H groups in total. The summed E-state index contributed by atoms with van der Waals surface area (Å²) in [6.07, 6.45) is 0.605. The first-order chi connectivity index (χ1) is 17.1. The molecule has 0 aliphatic heterocycles. The van der Waals surface area contributed by atoms with Gasteiger partial charge in [-0.1, -0.05) is 42.8 Å². The molecule has 3 rings (SSSR count). The standard InChI is InChI=1S/C26H29N3O6S/c1-5-24(20-9-6-18(2)7-10-20)27-26(30)17-28(21-11-13-22(35-4)14-12-21)36(33,34)23-15-8-19(3)25(16-23)29(31)32/h6-16,24H,5,17H2,1-4H3,(H,27,30)/t24-/m1/s1. The molecule has 0 fully saturated rings. The van der Waals surface area contributed by atoms with E-state index < -0.39 is 27.4 Å². The number of nitrogens with one attached hydrogen (secondary N) is 1. The molecule has 10 heteroatoms. The van der Waals surface area contributed by atoms with Crippen LogP contribution in [0.5, 0.6) is 5.75 Å². The SMILES string of the molecule is CC[C@@H](NC(=O)CN(c1ccc(OC)cc1)S(=O)(=O)c1ccc(C)c([N+](=O)[O-])c1)c1ccc(C)cc1. The molecule has 36 heavy (non-hydrogen) atoms. The van der Waals surface area contributed by atoms with Crippen LogP contribution in [0, 0.1) is 24.0 Å². The third-order valence-corrected chi connectivity index (χ3v) is 7.61. The van der Waals surface area contributed by atoms with Crippen LogP contribution in [0.15, 0.2) is 71.6 Å². The third kappa shape index (κ3) is 6.01. The fourth-order valence-electron chi connectivity index (χ4n) is 3.73. The van der Waals surface area contributed by atoms with Crippen LogP contribution in [-0.4, -0.2) is 32.9 Å². The van der Waals surface area contributed by atoms with Gasteiger partial charge >= 0.3 is 0 Å². The van der Waals surface area contributed by atoms with Crippen molar-refractivity contribution in [2.45, 2.75) is 38.1 Å². The van der Waals surface area contributed by atoms with E-state index in [1.807, 2.05) is 38.1 Å². The van der Waals surface area contributed by atoms with Crippen molar-refractivity contribution in [2.75, 3.05) is 18.0 Å². The van der Waals surface area contributed by atoms with Crippen molar-refractivity contribution in [2.24, 2.45) is 0 Å². The normalized spacial score (nSPS) is 12.0. The number of sulfonamides is 1. The predicted octanol–water partition coefficient (Wildman–Crippen LogP) is 4.68. The second-order valence-electron chi connectivity index (χ2n) is 8.35. The van der Waals surface area contributed by atoms with E-state index in [-0.39, 0.29) is 22.3 Å². The summed E-state index contributed by atoms with van der Waals surface area (Å²) in [5.41, 5.74) is 2.23. The van der Waals surface area contributed by atoms with E-state index in [1.165, 1.54) is 38.3 Å². The van der Waals surface area contributed by atoms with Gasteiger partial charge in [0.05, 0.1) is 28.7 Å². The number of nitro benzene ring substituents is 1. The average Bonchev–Trinajstić information content (AvgIpc) is 2.86. The zero-order valence-electron chi connectivity index (χ0n) is 20.6. The summed E-state index contributed by atoms with van der Waals surface area (Å²) < 4.78 is 33.4. The van der Waals surface area contributed by atoms with Crippen LogP contribution in [0.4, 0.5) is 11.4 Å². The molecule has 0 saturated heterocycles. The minimum Gasteiger partial charge on any atom is -0.497 e.